The van der Waals surface area contributed by atoms with Gasteiger partial charge in [-0.05, 0) is 83.1 Å². The lowest BCUT2D eigenvalue weighted by Crippen LogP contribution is -2.10. The van der Waals surface area contributed by atoms with E-state index in [1.54, 1.807) is 6.07 Å². The minimum Gasteiger partial charge on any atom is -0.507 e. The number of aromatic nitrogens is 4. The predicted octanol–water partition coefficient (Wildman–Crippen LogP) is 9.21. The second kappa shape index (κ2) is 9.74. The monoisotopic (exact) mass is 548 g/mol. The smallest absolute Gasteiger partial charge is 0.155 e. The molecule has 0 atom stereocenters. The molecule has 0 saturated heterocycles. The Morgan fingerprint density at radius 1 is 0.762 bits per heavy atom. The van der Waals surface area contributed by atoms with Crippen LogP contribution in [0, 0.1) is 6.92 Å². The molecule has 0 unspecified atom stereocenters. The van der Waals surface area contributed by atoms with Gasteiger partial charge in [0, 0.05) is 28.1 Å². The number of phenolic OH excluding ortho intramolecular Hbond substituents is 1. The van der Waals surface area contributed by atoms with E-state index in [-0.39, 0.29) is 11.2 Å². The van der Waals surface area contributed by atoms with Gasteiger partial charge >= 0.3 is 0 Å². The van der Waals surface area contributed by atoms with Crippen molar-refractivity contribution in [1.82, 2.24) is 19.7 Å². The molecule has 0 aliphatic carbocycles. The van der Waals surface area contributed by atoms with Gasteiger partial charge in [0.15, 0.2) is 5.82 Å². The average Bonchev–Trinajstić information content (AvgIpc) is 3.62. The molecular weight excluding hydrogens is 516 g/mol. The summed E-state index contributed by atoms with van der Waals surface area (Å²) in [5.41, 5.74) is 9.71. The molecule has 42 heavy (non-hydrogen) atoms. The summed E-state index contributed by atoms with van der Waals surface area (Å²) in [4.78, 5) is 8.65. The van der Waals surface area contributed by atoms with Gasteiger partial charge < -0.3 is 10.1 Å². The molecular formula is C37H32N4O. The Balaban J connectivity index is 1.50. The van der Waals surface area contributed by atoms with Crippen LogP contribution < -0.4 is 0 Å². The summed E-state index contributed by atoms with van der Waals surface area (Å²) in [5.74, 6) is 0.917. The van der Waals surface area contributed by atoms with Gasteiger partial charge in [-0.1, -0.05) is 75.4 Å². The lowest BCUT2D eigenvalue weighted by Gasteiger charge is -2.20. The molecule has 206 valence electrons. The van der Waals surface area contributed by atoms with Crippen molar-refractivity contribution in [3.8, 4) is 45.2 Å². The zero-order valence-electron chi connectivity index (χ0n) is 24.2. The largest absolute Gasteiger partial charge is 0.507 e. The number of benzene rings is 4. The van der Waals surface area contributed by atoms with Crippen LogP contribution in [0.1, 0.15) is 31.9 Å². The summed E-state index contributed by atoms with van der Waals surface area (Å²) in [5, 5.41) is 18.3. The molecule has 0 saturated carbocycles. The molecule has 5 nitrogen and oxygen atoms in total. The standard InChI is InChI=1S/C37H32N4O/c1-23-18-25-16-17-38-35(25)29(19-23)31-20-26(24-10-6-5-7-11-24)21-34(39-31)41-32-13-9-8-12-28(32)36(40-41)30-22-27(37(2,3)4)14-15-33(30)42/h5-22,38,42H,1-4H3. The third kappa shape index (κ3) is 4.44. The number of H-pyrrole nitrogens is 1. The summed E-state index contributed by atoms with van der Waals surface area (Å²) in [7, 11) is 0. The Labute approximate surface area is 245 Å². The van der Waals surface area contributed by atoms with Gasteiger partial charge in [-0.15, -0.1) is 0 Å². The number of pyridine rings is 1. The van der Waals surface area contributed by atoms with E-state index in [9.17, 15) is 5.11 Å². The van der Waals surface area contributed by atoms with E-state index in [4.69, 9.17) is 10.1 Å². The number of aryl methyl sites for hydroxylation is 1. The maximum atomic E-state index is 11.0. The zero-order chi connectivity index (χ0) is 29.0. The molecule has 0 radical (unpaired) electrons. The number of nitrogens with zero attached hydrogens (tertiary/aromatic N) is 3. The first-order chi connectivity index (χ1) is 20.3. The van der Waals surface area contributed by atoms with Crippen molar-refractivity contribution in [2.24, 2.45) is 0 Å². The normalized spacial score (nSPS) is 11.9. The quantitative estimate of drug-likeness (QED) is 0.230. The fourth-order valence-corrected chi connectivity index (χ4v) is 5.72. The molecule has 0 aliphatic rings. The lowest BCUT2D eigenvalue weighted by molar-refractivity contribution is 0.476. The maximum Gasteiger partial charge on any atom is 0.155 e. The van der Waals surface area contributed by atoms with Crippen LogP contribution in [0.5, 0.6) is 5.75 Å². The fraction of sp³-hybridized carbons (Fsp3) is 0.135. The fourth-order valence-electron chi connectivity index (χ4n) is 5.72. The molecule has 0 aliphatic heterocycles. The lowest BCUT2D eigenvalue weighted by atomic mass is 9.85. The van der Waals surface area contributed by atoms with Crippen LogP contribution in [0.25, 0.3) is 61.3 Å². The maximum absolute atomic E-state index is 11.0. The first kappa shape index (κ1) is 25.8. The van der Waals surface area contributed by atoms with E-state index in [1.807, 2.05) is 35.1 Å². The number of nitrogens with one attached hydrogen (secondary N) is 1. The number of aromatic amines is 1. The third-order valence-electron chi connectivity index (χ3n) is 7.92. The number of aromatic hydroxyl groups is 1. The number of hydrogen-bond acceptors (Lipinski definition) is 3. The highest BCUT2D eigenvalue weighted by atomic mass is 16.3. The Hall–Kier alpha value is -5.16. The molecule has 3 aromatic heterocycles. The molecule has 5 heteroatoms. The number of hydrogen-bond donors (Lipinski definition) is 2. The summed E-state index contributed by atoms with van der Waals surface area (Å²) in [6.45, 7) is 8.63. The molecule has 0 bridgehead atoms. The van der Waals surface area contributed by atoms with Gasteiger partial charge in [-0.3, -0.25) is 0 Å². The van der Waals surface area contributed by atoms with E-state index < -0.39 is 0 Å². The van der Waals surface area contributed by atoms with Gasteiger partial charge in [0.2, 0.25) is 0 Å². The predicted molar refractivity (Wildman–Crippen MR) is 172 cm³/mol. The SMILES string of the molecule is Cc1cc(-c2cc(-c3ccccc3)cc(-n3nc(-c4cc(C(C)(C)C)ccc4O)c4ccccc43)n2)c2[nH]ccc2c1. The molecule has 0 fully saturated rings. The van der Waals surface area contributed by atoms with E-state index in [0.717, 1.165) is 55.4 Å². The van der Waals surface area contributed by atoms with Crippen LogP contribution in [-0.4, -0.2) is 24.9 Å². The van der Waals surface area contributed by atoms with E-state index in [1.165, 1.54) is 5.56 Å². The number of fused-ring (bicyclic) bond motifs is 2. The van der Waals surface area contributed by atoms with Gasteiger partial charge in [-0.2, -0.15) is 5.10 Å². The molecule has 4 aromatic carbocycles. The molecule has 2 N–H and O–H groups in total. The van der Waals surface area contributed by atoms with Gasteiger partial charge in [0.05, 0.1) is 16.7 Å². The minimum atomic E-state index is -0.0712. The Morgan fingerprint density at radius 3 is 2.36 bits per heavy atom. The number of para-hydroxylation sites is 1. The van der Waals surface area contributed by atoms with Crippen molar-refractivity contribution in [1.29, 1.82) is 0 Å². The Morgan fingerprint density at radius 2 is 1.55 bits per heavy atom. The second-order valence-corrected chi connectivity index (χ2v) is 12.0. The van der Waals surface area contributed by atoms with Crippen molar-refractivity contribution < 1.29 is 5.11 Å². The summed E-state index contributed by atoms with van der Waals surface area (Å²) < 4.78 is 1.91. The van der Waals surface area contributed by atoms with Crippen LogP contribution in [0.2, 0.25) is 0 Å². The number of phenols is 1. The molecule has 7 rings (SSSR count). The summed E-state index contributed by atoms with van der Waals surface area (Å²) in [6.07, 6.45) is 1.97. The Bertz CT molecular complexity index is 2090. The van der Waals surface area contributed by atoms with Crippen molar-refractivity contribution >= 4 is 21.8 Å². The second-order valence-electron chi connectivity index (χ2n) is 12.0. The van der Waals surface area contributed by atoms with Crippen LogP contribution in [-0.2, 0) is 5.41 Å². The highest BCUT2D eigenvalue weighted by molar-refractivity contribution is 5.97. The van der Waals surface area contributed by atoms with Gasteiger partial charge in [0.25, 0.3) is 0 Å². The van der Waals surface area contributed by atoms with Crippen molar-refractivity contribution in [3.63, 3.8) is 0 Å². The average molecular weight is 549 g/mol. The van der Waals surface area contributed by atoms with Crippen molar-refractivity contribution in [2.75, 3.05) is 0 Å². The third-order valence-corrected chi connectivity index (χ3v) is 7.92. The summed E-state index contributed by atoms with van der Waals surface area (Å²) in [6, 6.07) is 35.0. The van der Waals surface area contributed by atoms with Crippen molar-refractivity contribution in [3.05, 3.63) is 120 Å². The number of rotatable bonds is 4. The molecule has 0 amide bonds. The van der Waals surface area contributed by atoms with Crippen LogP contribution in [0.3, 0.4) is 0 Å². The van der Waals surface area contributed by atoms with Gasteiger partial charge in [-0.25, -0.2) is 9.67 Å². The Kier molecular flexibility index (Phi) is 5.98. The van der Waals surface area contributed by atoms with Crippen molar-refractivity contribution in [2.45, 2.75) is 33.1 Å². The molecule has 0 spiro atoms. The van der Waals surface area contributed by atoms with Crippen LogP contribution in [0.15, 0.2) is 109 Å². The highest BCUT2D eigenvalue weighted by Crippen LogP contribution is 2.39. The summed E-state index contributed by atoms with van der Waals surface area (Å²) >= 11 is 0. The first-order valence-corrected chi connectivity index (χ1v) is 14.2. The molecule has 3 heterocycles. The first-order valence-electron chi connectivity index (χ1n) is 14.2. The van der Waals surface area contributed by atoms with E-state index in [2.05, 4.69) is 105 Å². The topological polar surface area (TPSA) is 66.7 Å². The zero-order valence-corrected chi connectivity index (χ0v) is 24.2. The van der Waals surface area contributed by atoms with Gasteiger partial charge in [0.1, 0.15) is 11.4 Å². The van der Waals surface area contributed by atoms with Crippen LogP contribution in [0.4, 0.5) is 0 Å². The van der Waals surface area contributed by atoms with E-state index in [0.29, 0.717) is 11.4 Å². The van der Waals surface area contributed by atoms with E-state index >= 15 is 0 Å². The minimum absolute atomic E-state index is 0.0712. The van der Waals surface area contributed by atoms with Crippen LogP contribution >= 0.6 is 0 Å². The molecule has 7 aromatic rings. The highest BCUT2D eigenvalue weighted by Gasteiger charge is 2.21.